The number of nitrogens with one attached hydrogen (secondary N) is 1. The first-order valence-electron chi connectivity index (χ1n) is 12.8. The minimum atomic E-state index is -0.669. The molecule has 0 bridgehead atoms. The lowest BCUT2D eigenvalue weighted by Crippen LogP contribution is -2.43. The standard InChI is InChI=1S/C29H34ClN5O4/c1-17-20(7-6-8-22(17)31)26-25(30)21(13-14-32-26)23-11-9-18(27(34-23)38-5)15-35(28(37)39-29(2,3)4)16-19-10-12-24(36)33-19/h6-9,11,13-14,19H,10,12,15-16,31H2,1-5H3,(H,33,36)/t19-/m0/s1. The summed E-state index contributed by atoms with van der Waals surface area (Å²) in [6.45, 7) is 7.87. The number of aromatic nitrogens is 2. The second kappa shape index (κ2) is 11.5. The van der Waals surface area contributed by atoms with Gasteiger partial charge in [0.15, 0.2) is 0 Å². The van der Waals surface area contributed by atoms with Gasteiger partial charge in [0.2, 0.25) is 11.8 Å². The summed E-state index contributed by atoms with van der Waals surface area (Å²) in [5.41, 5.74) is 10.4. The normalized spacial score (nSPS) is 15.1. The molecule has 10 heteroatoms. The third-order valence-corrected chi connectivity index (χ3v) is 6.85. The zero-order valence-electron chi connectivity index (χ0n) is 22.9. The Bertz CT molecular complexity index is 1390. The van der Waals surface area contributed by atoms with Crippen molar-refractivity contribution in [1.29, 1.82) is 0 Å². The number of hydrogen-bond acceptors (Lipinski definition) is 7. The van der Waals surface area contributed by atoms with E-state index < -0.39 is 11.7 Å². The molecule has 0 unspecified atom stereocenters. The molecule has 206 valence electrons. The van der Waals surface area contributed by atoms with Crippen molar-refractivity contribution in [3.05, 3.63) is 58.7 Å². The van der Waals surface area contributed by atoms with E-state index in [-0.39, 0.29) is 18.5 Å². The third-order valence-electron chi connectivity index (χ3n) is 6.47. The fourth-order valence-electron chi connectivity index (χ4n) is 4.47. The lowest BCUT2D eigenvalue weighted by atomic mass is 10.0. The average molecular weight is 552 g/mol. The quantitative estimate of drug-likeness (QED) is 0.378. The molecule has 1 aliphatic rings. The molecule has 39 heavy (non-hydrogen) atoms. The fourth-order valence-corrected chi connectivity index (χ4v) is 4.78. The molecule has 1 atom stereocenters. The van der Waals surface area contributed by atoms with Crippen LogP contribution < -0.4 is 15.8 Å². The van der Waals surface area contributed by atoms with Crippen molar-refractivity contribution < 1.29 is 19.1 Å². The summed E-state index contributed by atoms with van der Waals surface area (Å²) < 4.78 is 11.3. The van der Waals surface area contributed by atoms with Gasteiger partial charge in [-0.1, -0.05) is 23.7 Å². The number of rotatable bonds is 7. The van der Waals surface area contributed by atoms with E-state index in [1.54, 1.807) is 17.2 Å². The molecule has 1 aliphatic heterocycles. The van der Waals surface area contributed by atoms with E-state index in [9.17, 15) is 9.59 Å². The molecule has 0 radical (unpaired) electrons. The van der Waals surface area contributed by atoms with Crippen LogP contribution in [0.1, 0.15) is 44.7 Å². The molecule has 1 fully saturated rings. The van der Waals surface area contributed by atoms with Crippen molar-refractivity contribution in [3.8, 4) is 28.4 Å². The lowest BCUT2D eigenvalue weighted by molar-refractivity contribution is -0.119. The van der Waals surface area contributed by atoms with Gasteiger partial charge in [-0.15, -0.1) is 0 Å². The van der Waals surface area contributed by atoms with E-state index in [0.29, 0.717) is 58.5 Å². The number of methoxy groups -OCH3 is 1. The number of nitrogen functional groups attached to an aromatic ring is 1. The second-order valence-electron chi connectivity index (χ2n) is 10.6. The van der Waals surface area contributed by atoms with Crippen LogP contribution in [0.4, 0.5) is 10.5 Å². The number of amides is 2. The van der Waals surface area contributed by atoms with Gasteiger partial charge in [0.1, 0.15) is 5.60 Å². The summed E-state index contributed by atoms with van der Waals surface area (Å²) in [7, 11) is 1.53. The van der Waals surface area contributed by atoms with Gasteiger partial charge in [0, 0.05) is 47.6 Å². The summed E-state index contributed by atoms with van der Waals surface area (Å²) in [6.07, 6.45) is 2.30. The zero-order valence-corrected chi connectivity index (χ0v) is 23.6. The fraction of sp³-hybridized carbons (Fsp3) is 0.379. The maximum absolute atomic E-state index is 13.1. The van der Waals surface area contributed by atoms with Gasteiger partial charge in [0.25, 0.3) is 0 Å². The average Bonchev–Trinajstić information content (AvgIpc) is 3.29. The molecule has 1 aromatic carbocycles. The molecular weight excluding hydrogens is 518 g/mol. The largest absolute Gasteiger partial charge is 0.481 e. The number of pyridine rings is 2. The molecule has 2 amide bonds. The molecule has 9 nitrogen and oxygen atoms in total. The highest BCUT2D eigenvalue weighted by Crippen LogP contribution is 2.37. The van der Waals surface area contributed by atoms with Crippen LogP contribution in [0.15, 0.2) is 42.6 Å². The van der Waals surface area contributed by atoms with Gasteiger partial charge >= 0.3 is 6.09 Å². The summed E-state index contributed by atoms with van der Waals surface area (Å²) in [5, 5.41) is 3.36. The first kappa shape index (κ1) is 28.2. The van der Waals surface area contributed by atoms with Gasteiger partial charge in [-0.05, 0) is 63.9 Å². The molecule has 4 rings (SSSR count). The predicted octanol–water partition coefficient (Wildman–Crippen LogP) is 5.38. The number of nitrogens with two attached hydrogens (primary N) is 1. The number of carbonyl (C=O) groups excluding carboxylic acids is 2. The Balaban J connectivity index is 1.65. The van der Waals surface area contributed by atoms with E-state index in [4.69, 9.17) is 31.8 Å². The maximum atomic E-state index is 13.1. The molecular formula is C29H34ClN5O4. The zero-order chi connectivity index (χ0) is 28.3. The Labute approximate surface area is 233 Å². The Morgan fingerprint density at radius 1 is 1.21 bits per heavy atom. The predicted molar refractivity (Wildman–Crippen MR) is 151 cm³/mol. The lowest BCUT2D eigenvalue weighted by Gasteiger charge is -2.29. The number of benzene rings is 1. The van der Waals surface area contributed by atoms with Gasteiger partial charge in [-0.2, -0.15) is 0 Å². The van der Waals surface area contributed by atoms with E-state index in [1.807, 2.05) is 58.0 Å². The number of hydrogen-bond donors (Lipinski definition) is 2. The minimum absolute atomic E-state index is 0.0188. The SMILES string of the molecule is COc1nc(-c2ccnc(-c3cccc(N)c3C)c2Cl)ccc1CN(C[C@@H]1CCC(=O)N1)C(=O)OC(C)(C)C. The molecule has 0 spiro atoms. The maximum Gasteiger partial charge on any atom is 0.410 e. The Morgan fingerprint density at radius 3 is 2.64 bits per heavy atom. The molecule has 3 heterocycles. The van der Waals surface area contributed by atoms with Gasteiger partial charge < -0.3 is 25.4 Å². The highest BCUT2D eigenvalue weighted by molar-refractivity contribution is 6.35. The molecule has 3 aromatic rings. The molecule has 2 aromatic heterocycles. The summed E-state index contributed by atoms with van der Waals surface area (Å²) in [4.78, 5) is 35.6. The number of anilines is 1. The minimum Gasteiger partial charge on any atom is -0.481 e. The summed E-state index contributed by atoms with van der Waals surface area (Å²) in [5.74, 6) is 0.334. The number of ether oxygens (including phenoxy) is 2. The van der Waals surface area contributed by atoms with Gasteiger partial charge in [-0.3, -0.25) is 9.78 Å². The van der Waals surface area contributed by atoms with Crippen molar-refractivity contribution in [3.63, 3.8) is 0 Å². The summed E-state index contributed by atoms with van der Waals surface area (Å²) in [6, 6.07) is 11.0. The van der Waals surface area contributed by atoms with E-state index in [0.717, 1.165) is 11.1 Å². The highest BCUT2D eigenvalue weighted by atomic mass is 35.5. The van der Waals surface area contributed by atoms with Crippen LogP contribution in [0.3, 0.4) is 0 Å². The third kappa shape index (κ3) is 6.60. The van der Waals surface area contributed by atoms with Crippen LogP contribution in [-0.4, -0.2) is 52.2 Å². The van der Waals surface area contributed by atoms with Crippen LogP contribution in [0.25, 0.3) is 22.5 Å². The second-order valence-corrected chi connectivity index (χ2v) is 10.9. The Morgan fingerprint density at radius 2 is 1.97 bits per heavy atom. The number of carbonyl (C=O) groups is 2. The van der Waals surface area contributed by atoms with Crippen molar-refractivity contribution in [2.75, 3.05) is 19.4 Å². The highest BCUT2D eigenvalue weighted by Gasteiger charge is 2.29. The molecule has 3 N–H and O–H groups in total. The first-order chi connectivity index (χ1) is 18.5. The smallest absolute Gasteiger partial charge is 0.410 e. The number of nitrogens with zero attached hydrogens (tertiary/aromatic N) is 3. The van der Waals surface area contributed by atoms with Crippen LogP contribution in [0, 0.1) is 6.92 Å². The van der Waals surface area contributed by atoms with Gasteiger partial charge in [0.05, 0.1) is 30.1 Å². The molecule has 0 saturated carbocycles. The van der Waals surface area contributed by atoms with E-state index in [2.05, 4.69) is 10.3 Å². The monoisotopic (exact) mass is 551 g/mol. The van der Waals surface area contributed by atoms with Crippen LogP contribution >= 0.6 is 11.6 Å². The first-order valence-corrected chi connectivity index (χ1v) is 13.2. The summed E-state index contributed by atoms with van der Waals surface area (Å²) >= 11 is 6.84. The topological polar surface area (TPSA) is 120 Å². The van der Waals surface area contributed by atoms with Crippen molar-refractivity contribution in [2.45, 2.75) is 58.7 Å². The van der Waals surface area contributed by atoms with Crippen LogP contribution in [0.2, 0.25) is 5.02 Å². The van der Waals surface area contributed by atoms with E-state index >= 15 is 0 Å². The van der Waals surface area contributed by atoms with Crippen molar-refractivity contribution in [1.82, 2.24) is 20.2 Å². The van der Waals surface area contributed by atoms with Gasteiger partial charge in [-0.25, -0.2) is 9.78 Å². The van der Waals surface area contributed by atoms with E-state index in [1.165, 1.54) is 7.11 Å². The molecule has 0 aliphatic carbocycles. The van der Waals surface area contributed by atoms with Crippen molar-refractivity contribution >= 4 is 29.3 Å². The molecule has 1 saturated heterocycles. The Hall–Kier alpha value is -3.85. The Kier molecular flexibility index (Phi) is 8.30. The van der Waals surface area contributed by atoms with Crippen LogP contribution in [0.5, 0.6) is 5.88 Å². The van der Waals surface area contributed by atoms with Crippen LogP contribution in [-0.2, 0) is 16.1 Å². The number of halogens is 1. The van der Waals surface area contributed by atoms with Crippen molar-refractivity contribution in [2.24, 2.45) is 0 Å².